The van der Waals surface area contributed by atoms with Gasteiger partial charge in [0.05, 0.1) is 0 Å². The molecule has 0 bridgehead atoms. The number of pyridine rings is 1. The van der Waals surface area contributed by atoms with Crippen molar-refractivity contribution in [1.29, 1.82) is 0 Å². The first-order valence-corrected chi connectivity index (χ1v) is 7.25. The third-order valence-electron chi connectivity index (χ3n) is 4.00. The summed E-state index contributed by atoms with van der Waals surface area (Å²) in [5, 5.41) is 0. The quantitative estimate of drug-likeness (QED) is 0.894. The molecule has 0 amide bonds. The van der Waals surface area contributed by atoms with Crippen molar-refractivity contribution < 1.29 is 0 Å². The molecule has 1 fully saturated rings. The molecule has 3 heteroatoms. The molecule has 1 aromatic heterocycles. The van der Waals surface area contributed by atoms with Crippen LogP contribution in [0.4, 0.5) is 0 Å². The van der Waals surface area contributed by atoms with Crippen LogP contribution in [0.25, 0.3) is 0 Å². The summed E-state index contributed by atoms with van der Waals surface area (Å²) in [5.74, 6) is 0.585. The molecule has 2 heterocycles. The Kier molecular flexibility index (Phi) is 3.81. The Balaban J connectivity index is 1.71. The van der Waals surface area contributed by atoms with Gasteiger partial charge in [-0.2, -0.15) is 0 Å². The van der Waals surface area contributed by atoms with Crippen molar-refractivity contribution in [3.8, 4) is 0 Å². The van der Waals surface area contributed by atoms with E-state index in [9.17, 15) is 0 Å². The lowest BCUT2D eigenvalue weighted by Crippen LogP contribution is -2.26. The molecule has 2 unspecified atom stereocenters. The molecule has 1 aliphatic heterocycles. The average Bonchev–Trinajstić information content (AvgIpc) is 2.98. The first kappa shape index (κ1) is 13.3. The van der Waals surface area contributed by atoms with Crippen LogP contribution >= 0.6 is 0 Å². The maximum atomic E-state index is 4.19. The van der Waals surface area contributed by atoms with E-state index in [1.165, 1.54) is 16.7 Å². The fourth-order valence-electron chi connectivity index (χ4n) is 2.69. The van der Waals surface area contributed by atoms with E-state index in [1.54, 1.807) is 0 Å². The lowest BCUT2D eigenvalue weighted by atomic mass is 9.96. The zero-order chi connectivity index (χ0) is 13.9. The Hall–Kier alpha value is -1.71. The summed E-state index contributed by atoms with van der Waals surface area (Å²) < 4.78 is 0. The van der Waals surface area contributed by atoms with Crippen LogP contribution in [0.1, 0.15) is 55.0 Å². The van der Waals surface area contributed by atoms with E-state index in [0.29, 0.717) is 18.0 Å². The van der Waals surface area contributed by atoms with E-state index in [1.807, 2.05) is 18.5 Å². The number of benzene rings is 1. The normalized spacial score (nSPS) is 22.4. The molecule has 3 nitrogen and oxygen atoms in total. The van der Waals surface area contributed by atoms with Gasteiger partial charge in [0.15, 0.2) is 0 Å². The number of aromatic nitrogens is 1. The molecule has 2 N–H and O–H groups in total. The highest BCUT2D eigenvalue weighted by atomic mass is 15.4. The van der Waals surface area contributed by atoms with Gasteiger partial charge in [-0.05, 0) is 35.1 Å². The third-order valence-corrected chi connectivity index (χ3v) is 4.00. The monoisotopic (exact) mass is 267 g/mol. The van der Waals surface area contributed by atoms with Gasteiger partial charge in [0.25, 0.3) is 0 Å². The first-order valence-electron chi connectivity index (χ1n) is 7.25. The lowest BCUT2D eigenvalue weighted by molar-refractivity contribution is 0.554. The van der Waals surface area contributed by atoms with Gasteiger partial charge in [-0.1, -0.05) is 44.2 Å². The topological polar surface area (TPSA) is 37.0 Å². The highest BCUT2D eigenvalue weighted by molar-refractivity contribution is 5.28. The van der Waals surface area contributed by atoms with Gasteiger partial charge in [-0.3, -0.25) is 4.98 Å². The molecular weight excluding hydrogens is 246 g/mol. The molecule has 1 aliphatic rings. The van der Waals surface area contributed by atoms with E-state index in [4.69, 9.17) is 0 Å². The van der Waals surface area contributed by atoms with Crippen molar-refractivity contribution in [2.24, 2.45) is 0 Å². The summed E-state index contributed by atoms with van der Waals surface area (Å²) in [7, 11) is 0. The second kappa shape index (κ2) is 5.73. The molecule has 0 saturated carbocycles. The number of hydrogen-bond donors (Lipinski definition) is 2. The number of hydrogen-bond acceptors (Lipinski definition) is 3. The zero-order valence-electron chi connectivity index (χ0n) is 12.0. The van der Waals surface area contributed by atoms with Gasteiger partial charge < -0.3 is 0 Å². The van der Waals surface area contributed by atoms with Crippen LogP contribution < -0.4 is 10.9 Å². The summed E-state index contributed by atoms with van der Waals surface area (Å²) in [6, 6.07) is 13.7. The van der Waals surface area contributed by atoms with Crippen molar-refractivity contribution in [3.63, 3.8) is 0 Å². The fourth-order valence-corrected chi connectivity index (χ4v) is 2.69. The first-order chi connectivity index (χ1) is 9.74. The minimum Gasteiger partial charge on any atom is -0.264 e. The molecule has 1 saturated heterocycles. The van der Waals surface area contributed by atoms with Crippen LogP contribution in [0, 0.1) is 0 Å². The summed E-state index contributed by atoms with van der Waals surface area (Å²) >= 11 is 0. The van der Waals surface area contributed by atoms with Crippen molar-refractivity contribution >= 4 is 0 Å². The fraction of sp³-hybridized carbons (Fsp3) is 0.353. The molecule has 2 aromatic rings. The van der Waals surface area contributed by atoms with E-state index >= 15 is 0 Å². The molecule has 2 atom stereocenters. The number of nitrogens with one attached hydrogen (secondary N) is 2. The molecule has 3 rings (SSSR count). The molecule has 104 valence electrons. The number of rotatable bonds is 3. The minimum absolute atomic E-state index is 0.332. The van der Waals surface area contributed by atoms with Crippen LogP contribution in [0.3, 0.4) is 0 Å². The van der Waals surface area contributed by atoms with Crippen molar-refractivity contribution in [2.75, 3.05) is 0 Å². The van der Waals surface area contributed by atoms with Crippen LogP contribution in [0.15, 0.2) is 48.8 Å². The smallest absolute Gasteiger partial charge is 0.0496 e. The Morgan fingerprint density at radius 3 is 2.30 bits per heavy atom. The number of hydrazine groups is 1. The molecular formula is C17H21N3. The van der Waals surface area contributed by atoms with Gasteiger partial charge >= 0.3 is 0 Å². The van der Waals surface area contributed by atoms with E-state index in [0.717, 1.165) is 6.42 Å². The van der Waals surface area contributed by atoms with Crippen LogP contribution in [0.5, 0.6) is 0 Å². The van der Waals surface area contributed by atoms with Crippen molar-refractivity contribution in [3.05, 3.63) is 65.5 Å². The molecule has 1 aromatic carbocycles. The predicted octanol–water partition coefficient (Wildman–Crippen LogP) is 3.49. The maximum Gasteiger partial charge on any atom is 0.0496 e. The summed E-state index contributed by atoms with van der Waals surface area (Å²) in [6.07, 6.45) is 4.80. The van der Waals surface area contributed by atoms with Gasteiger partial charge in [-0.15, -0.1) is 0 Å². The Labute approximate surface area is 120 Å². The summed E-state index contributed by atoms with van der Waals surface area (Å²) in [4.78, 5) is 4.19. The third kappa shape index (κ3) is 2.74. The maximum absolute atomic E-state index is 4.19. The molecule has 20 heavy (non-hydrogen) atoms. The molecule has 0 spiro atoms. The van der Waals surface area contributed by atoms with E-state index in [2.05, 4.69) is 60.0 Å². The minimum atomic E-state index is 0.332. The zero-order valence-corrected chi connectivity index (χ0v) is 12.0. The molecule has 0 radical (unpaired) electrons. The largest absolute Gasteiger partial charge is 0.264 e. The highest BCUT2D eigenvalue weighted by Crippen LogP contribution is 2.30. The van der Waals surface area contributed by atoms with Gasteiger partial charge in [0.1, 0.15) is 0 Å². The van der Waals surface area contributed by atoms with Crippen LogP contribution in [-0.4, -0.2) is 4.98 Å². The second-order valence-electron chi connectivity index (χ2n) is 5.74. The summed E-state index contributed by atoms with van der Waals surface area (Å²) in [6.45, 7) is 4.45. The lowest BCUT2D eigenvalue weighted by Gasteiger charge is -2.12. The predicted molar refractivity (Wildman–Crippen MR) is 81.1 cm³/mol. The SMILES string of the molecule is CC(C)c1ccc(C2CC(c3cccnc3)NN2)cc1. The van der Waals surface area contributed by atoms with Crippen molar-refractivity contribution in [1.82, 2.24) is 15.8 Å². The van der Waals surface area contributed by atoms with Gasteiger partial charge in [0.2, 0.25) is 0 Å². The van der Waals surface area contributed by atoms with Gasteiger partial charge in [-0.25, -0.2) is 10.9 Å². The Morgan fingerprint density at radius 1 is 1.00 bits per heavy atom. The second-order valence-corrected chi connectivity index (χ2v) is 5.74. The van der Waals surface area contributed by atoms with Crippen LogP contribution in [-0.2, 0) is 0 Å². The van der Waals surface area contributed by atoms with E-state index < -0.39 is 0 Å². The average molecular weight is 267 g/mol. The van der Waals surface area contributed by atoms with E-state index in [-0.39, 0.29) is 0 Å². The number of nitrogens with zero attached hydrogens (tertiary/aromatic N) is 1. The Morgan fingerprint density at radius 2 is 1.70 bits per heavy atom. The van der Waals surface area contributed by atoms with Gasteiger partial charge in [0, 0.05) is 24.5 Å². The molecule has 0 aliphatic carbocycles. The van der Waals surface area contributed by atoms with Crippen molar-refractivity contribution in [2.45, 2.75) is 38.3 Å². The highest BCUT2D eigenvalue weighted by Gasteiger charge is 2.26. The summed E-state index contributed by atoms with van der Waals surface area (Å²) in [5.41, 5.74) is 10.7. The van der Waals surface area contributed by atoms with Crippen LogP contribution in [0.2, 0.25) is 0 Å². The Bertz CT molecular complexity index is 548. The standard InChI is InChI=1S/C17H21N3/c1-12(2)13-5-7-14(8-6-13)16-10-17(20-19-16)15-4-3-9-18-11-15/h3-9,11-12,16-17,19-20H,10H2,1-2H3.